The zero-order valence-electron chi connectivity index (χ0n) is 16.6. The summed E-state index contributed by atoms with van der Waals surface area (Å²) in [7, 11) is -12.0. The van der Waals surface area contributed by atoms with Crippen LogP contribution in [0.2, 0.25) is 0 Å². The quantitative estimate of drug-likeness (QED) is 0.404. The summed E-state index contributed by atoms with van der Waals surface area (Å²) in [5.41, 5.74) is 0. The Hall–Kier alpha value is -1.81. The average Bonchev–Trinajstić information content (AvgIpc) is 2.75. The highest BCUT2D eigenvalue weighted by Crippen LogP contribution is 2.49. The Morgan fingerprint density at radius 1 is 0.484 bits per heavy atom. The molecule has 0 heterocycles. The van der Waals surface area contributed by atoms with Crippen LogP contribution in [0.1, 0.15) is 0 Å². The van der Waals surface area contributed by atoms with Gasteiger partial charge in [-0.25, -0.2) is 0 Å². The van der Waals surface area contributed by atoms with E-state index in [9.17, 15) is 28.4 Å². The van der Waals surface area contributed by atoms with Crippen molar-refractivity contribution in [1.29, 1.82) is 0 Å². The van der Waals surface area contributed by atoms with Crippen molar-refractivity contribution >= 4 is 38.0 Å². The monoisotopic (exact) mass is 479 g/mol. The molecule has 0 fully saturated rings. The second-order valence-electron chi connectivity index (χ2n) is 7.21. The Morgan fingerprint density at radius 3 is 0.935 bits per heavy atom. The zero-order chi connectivity index (χ0) is 22.5. The molecule has 0 radical (unpaired) electrons. The van der Waals surface area contributed by atoms with E-state index in [2.05, 4.69) is 0 Å². The van der Waals surface area contributed by atoms with Crippen molar-refractivity contribution < 1.29 is 28.4 Å². The first kappa shape index (κ1) is 23.8. The lowest BCUT2D eigenvalue weighted by molar-refractivity contribution is 0.356. The predicted molar refractivity (Wildman–Crippen MR) is 124 cm³/mol. The molecule has 0 aliphatic carbocycles. The van der Waals surface area contributed by atoms with Gasteiger partial charge in [-0.1, -0.05) is 54.6 Å². The van der Waals surface area contributed by atoms with Gasteiger partial charge in [0, 0.05) is 15.9 Å². The van der Waals surface area contributed by atoms with Crippen LogP contribution in [-0.2, 0) is 13.7 Å². The van der Waals surface area contributed by atoms with Crippen molar-refractivity contribution in [1.82, 2.24) is 4.90 Å². The maximum Gasteiger partial charge on any atom is 0.243 e. The molecule has 164 valence electrons. The van der Waals surface area contributed by atoms with Crippen LogP contribution in [-0.4, -0.2) is 38.4 Å². The zero-order valence-corrected chi connectivity index (χ0v) is 19.3. The van der Waals surface area contributed by atoms with Crippen LogP contribution in [0.15, 0.2) is 91.0 Å². The van der Waals surface area contributed by atoms with Crippen molar-refractivity contribution in [3.05, 3.63) is 91.0 Å². The molecule has 0 aliphatic rings. The minimum Gasteiger partial charge on any atom is -0.340 e. The Balaban J connectivity index is 1.93. The number of rotatable bonds is 9. The van der Waals surface area contributed by atoms with Crippen molar-refractivity contribution in [3.8, 4) is 0 Å². The largest absolute Gasteiger partial charge is 0.340 e. The molecule has 3 unspecified atom stereocenters. The molecule has 0 aromatic heterocycles. The molecule has 0 saturated carbocycles. The van der Waals surface area contributed by atoms with Gasteiger partial charge in [-0.15, -0.1) is 0 Å². The third-order valence-electron chi connectivity index (χ3n) is 4.65. The van der Waals surface area contributed by atoms with E-state index in [1.165, 1.54) is 36.4 Å². The summed E-state index contributed by atoms with van der Waals surface area (Å²) in [4.78, 5) is 33.1. The normalized spacial score (nSPS) is 17.4. The van der Waals surface area contributed by atoms with Gasteiger partial charge in [0.05, 0.1) is 18.9 Å². The minimum absolute atomic E-state index is 0.167. The number of hydrogen-bond donors (Lipinski definition) is 3. The SMILES string of the molecule is O=P(O)(CN(CP(=O)(O)c1ccccc1)CP(=O)(O)c1ccccc1)c1ccccc1. The molecule has 0 saturated heterocycles. The van der Waals surface area contributed by atoms with Gasteiger partial charge >= 0.3 is 0 Å². The third-order valence-corrected chi connectivity index (χ3v) is 10.3. The van der Waals surface area contributed by atoms with Gasteiger partial charge < -0.3 is 14.7 Å². The van der Waals surface area contributed by atoms with Gasteiger partial charge in [0.15, 0.2) is 0 Å². The highest BCUT2D eigenvalue weighted by molar-refractivity contribution is 7.67. The smallest absolute Gasteiger partial charge is 0.243 e. The Labute approximate surface area is 181 Å². The van der Waals surface area contributed by atoms with Gasteiger partial charge in [0.1, 0.15) is 0 Å². The van der Waals surface area contributed by atoms with E-state index in [0.717, 1.165) is 4.90 Å². The standard InChI is InChI=1S/C21H24NO6P3/c23-29(24,19-10-4-1-5-11-19)16-22(17-30(25,26)20-12-6-2-7-13-20)18-31(27,28)21-14-8-3-9-15-21/h1-15H,16-18H2,(H,23,24)(H,25,26)(H,27,28). The molecule has 0 spiro atoms. The predicted octanol–water partition coefficient (Wildman–Crippen LogP) is 2.95. The fourth-order valence-electron chi connectivity index (χ4n) is 3.18. The molecule has 3 atom stereocenters. The van der Waals surface area contributed by atoms with Crippen molar-refractivity contribution in [3.63, 3.8) is 0 Å². The summed E-state index contributed by atoms with van der Waals surface area (Å²) in [6, 6.07) is 23.7. The summed E-state index contributed by atoms with van der Waals surface area (Å²) in [5.74, 6) is 0. The third kappa shape index (κ3) is 6.35. The first-order chi connectivity index (χ1) is 14.6. The summed E-state index contributed by atoms with van der Waals surface area (Å²) < 4.78 is 39.1. The molecule has 31 heavy (non-hydrogen) atoms. The molecule has 10 heteroatoms. The first-order valence-corrected chi connectivity index (χ1v) is 15.0. The molecule has 3 aromatic rings. The van der Waals surface area contributed by atoms with Crippen LogP contribution in [0.3, 0.4) is 0 Å². The maximum absolute atomic E-state index is 13.0. The van der Waals surface area contributed by atoms with Crippen molar-refractivity contribution in [2.45, 2.75) is 0 Å². The summed E-state index contributed by atoms with van der Waals surface area (Å²) in [6.07, 6.45) is -1.61. The topological polar surface area (TPSA) is 115 Å². The lowest BCUT2D eigenvalue weighted by Gasteiger charge is -2.29. The van der Waals surface area contributed by atoms with E-state index in [0.29, 0.717) is 0 Å². The molecule has 0 aliphatic heterocycles. The second kappa shape index (κ2) is 9.77. The fraction of sp³-hybridized carbons (Fsp3) is 0.143. The van der Waals surface area contributed by atoms with E-state index < -0.39 is 41.0 Å². The molecule has 0 bridgehead atoms. The van der Waals surface area contributed by atoms with E-state index in [4.69, 9.17) is 0 Å². The van der Waals surface area contributed by atoms with Crippen LogP contribution in [0.4, 0.5) is 0 Å². The van der Waals surface area contributed by atoms with Crippen LogP contribution >= 0.6 is 22.1 Å². The molecule has 7 nitrogen and oxygen atoms in total. The van der Waals surface area contributed by atoms with Gasteiger partial charge in [-0.2, -0.15) is 0 Å². The Kier molecular flexibility index (Phi) is 7.51. The molecule has 0 amide bonds. The molecular weight excluding hydrogens is 455 g/mol. The Morgan fingerprint density at radius 2 is 0.710 bits per heavy atom. The summed E-state index contributed by atoms with van der Waals surface area (Å²) in [5, 5.41) is 0.500. The second-order valence-corrected chi connectivity index (χ2v) is 13.8. The van der Waals surface area contributed by atoms with Gasteiger partial charge in [-0.05, 0) is 36.4 Å². The van der Waals surface area contributed by atoms with Gasteiger partial charge in [0.25, 0.3) is 0 Å². The van der Waals surface area contributed by atoms with E-state index in [-0.39, 0.29) is 15.9 Å². The highest BCUT2D eigenvalue weighted by atomic mass is 31.2. The Bertz CT molecular complexity index is 995. The average molecular weight is 479 g/mol. The number of benzene rings is 3. The summed E-state index contributed by atoms with van der Waals surface area (Å²) >= 11 is 0. The summed E-state index contributed by atoms with van der Waals surface area (Å²) in [6.45, 7) is 0. The lowest BCUT2D eigenvalue weighted by atomic mass is 10.4. The van der Waals surface area contributed by atoms with E-state index in [1.807, 2.05) is 0 Å². The van der Waals surface area contributed by atoms with Crippen LogP contribution in [0.5, 0.6) is 0 Å². The molecular formula is C21H24NO6P3. The van der Waals surface area contributed by atoms with Crippen LogP contribution < -0.4 is 15.9 Å². The minimum atomic E-state index is -3.99. The lowest BCUT2D eigenvalue weighted by Crippen LogP contribution is -2.32. The maximum atomic E-state index is 13.0. The number of nitrogens with zero attached hydrogens (tertiary/aromatic N) is 1. The van der Waals surface area contributed by atoms with Gasteiger partial charge in [-0.3, -0.25) is 18.6 Å². The fourth-order valence-corrected chi connectivity index (χ4v) is 8.28. The van der Waals surface area contributed by atoms with Crippen LogP contribution in [0.25, 0.3) is 0 Å². The molecule has 3 N–H and O–H groups in total. The number of hydrogen-bond acceptors (Lipinski definition) is 4. The van der Waals surface area contributed by atoms with Crippen LogP contribution in [0, 0.1) is 0 Å². The van der Waals surface area contributed by atoms with Gasteiger partial charge in [0.2, 0.25) is 22.1 Å². The highest BCUT2D eigenvalue weighted by Gasteiger charge is 2.35. The molecule has 3 rings (SSSR count). The van der Waals surface area contributed by atoms with Crippen molar-refractivity contribution in [2.75, 3.05) is 18.9 Å². The van der Waals surface area contributed by atoms with E-state index in [1.54, 1.807) is 54.6 Å². The molecule has 3 aromatic carbocycles. The first-order valence-electron chi connectivity index (χ1n) is 9.45. The van der Waals surface area contributed by atoms with E-state index >= 15 is 0 Å². The van der Waals surface area contributed by atoms with Crippen molar-refractivity contribution in [2.24, 2.45) is 0 Å².